The summed E-state index contributed by atoms with van der Waals surface area (Å²) in [5, 5.41) is 10.5. The first-order valence-electron chi connectivity index (χ1n) is 7.21. The minimum absolute atomic E-state index is 0.558. The molecule has 0 aromatic heterocycles. The fraction of sp³-hybridized carbons (Fsp3) is 0.0526. The molecule has 114 valence electrons. The summed E-state index contributed by atoms with van der Waals surface area (Å²) in [4.78, 5) is 5.13. The fourth-order valence-electron chi connectivity index (χ4n) is 3.12. The molecule has 1 N–H and O–H groups in total. The van der Waals surface area contributed by atoms with Crippen molar-refractivity contribution in [2.45, 2.75) is 5.60 Å². The molecular formula is C19H13ClO3. The maximum Gasteiger partial charge on any atom is 0.185 e. The van der Waals surface area contributed by atoms with E-state index in [1.54, 1.807) is 12.1 Å². The number of fused-ring (bicyclic) bond motifs is 2. The second-order valence-corrected chi connectivity index (χ2v) is 5.81. The van der Waals surface area contributed by atoms with Gasteiger partial charge in [-0.2, -0.15) is 0 Å². The lowest BCUT2D eigenvalue weighted by Gasteiger charge is -2.37. The molecule has 4 heteroatoms. The summed E-state index contributed by atoms with van der Waals surface area (Å²) >= 11 is 6.10. The van der Waals surface area contributed by atoms with Crippen molar-refractivity contribution >= 4 is 11.6 Å². The van der Waals surface area contributed by atoms with Gasteiger partial charge in [0.2, 0.25) is 0 Å². The number of para-hydroxylation sites is 1. The third-order valence-electron chi connectivity index (χ3n) is 4.13. The Hall–Kier alpha value is -2.33. The van der Waals surface area contributed by atoms with E-state index in [0.717, 1.165) is 11.1 Å². The molecule has 0 spiro atoms. The summed E-state index contributed by atoms with van der Waals surface area (Å²) in [5.74, 6) is 1.19. The molecule has 0 aliphatic carbocycles. The lowest BCUT2D eigenvalue weighted by Crippen LogP contribution is -2.34. The van der Waals surface area contributed by atoms with Crippen LogP contribution in [0.3, 0.4) is 0 Å². The first kappa shape index (κ1) is 14.3. The van der Waals surface area contributed by atoms with Gasteiger partial charge >= 0.3 is 0 Å². The van der Waals surface area contributed by atoms with E-state index in [1.807, 2.05) is 60.7 Å². The molecule has 0 saturated heterocycles. The van der Waals surface area contributed by atoms with Crippen LogP contribution in [0, 0.1) is 0 Å². The molecule has 1 atom stereocenters. The van der Waals surface area contributed by atoms with Crippen LogP contribution < -0.4 is 4.74 Å². The van der Waals surface area contributed by atoms with Gasteiger partial charge in [-0.05, 0) is 23.8 Å². The standard InChI is InChI=1S/C19H13ClO3/c20-14-10-11-16-18(12-14)22-17-9-5-4-8-15(17)19(16,23-21)13-6-2-1-3-7-13/h1-12,21H. The third kappa shape index (κ3) is 2.05. The molecule has 0 radical (unpaired) electrons. The van der Waals surface area contributed by atoms with Crippen LogP contribution in [-0.4, -0.2) is 5.26 Å². The second-order valence-electron chi connectivity index (χ2n) is 5.38. The molecule has 0 fully saturated rings. The molecule has 1 heterocycles. The van der Waals surface area contributed by atoms with Crippen LogP contribution in [0.5, 0.6) is 11.5 Å². The topological polar surface area (TPSA) is 38.7 Å². The van der Waals surface area contributed by atoms with Crippen LogP contribution in [0.1, 0.15) is 16.7 Å². The van der Waals surface area contributed by atoms with Gasteiger partial charge in [0.25, 0.3) is 0 Å². The number of hydrogen-bond acceptors (Lipinski definition) is 3. The highest BCUT2D eigenvalue weighted by atomic mass is 35.5. The van der Waals surface area contributed by atoms with Crippen LogP contribution in [0.4, 0.5) is 0 Å². The molecule has 1 unspecified atom stereocenters. The van der Waals surface area contributed by atoms with Crippen molar-refractivity contribution in [2.75, 3.05) is 0 Å². The van der Waals surface area contributed by atoms with Crippen LogP contribution in [-0.2, 0) is 10.5 Å². The average molecular weight is 325 g/mol. The maximum absolute atomic E-state index is 9.97. The Balaban J connectivity index is 2.09. The quantitative estimate of drug-likeness (QED) is 0.518. The summed E-state index contributed by atoms with van der Waals surface area (Å²) in [6, 6.07) is 22.4. The Bertz CT molecular complexity index is 863. The molecule has 0 saturated carbocycles. The molecule has 3 aromatic rings. The highest BCUT2D eigenvalue weighted by molar-refractivity contribution is 6.30. The van der Waals surface area contributed by atoms with Gasteiger partial charge in [0.15, 0.2) is 5.60 Å². The molecular weight excluding hydrogens is 312 g/mol. The van der Waals surface area contributed by atoms with Crippen LogP contribution in [0.2, 0.25) is 5.02 Å². The third-order valence-corrected chi connectivity index (χ3v) is 4.36. The predicted octanol–water partition coefficient (Wildman–Crippen LogP) is 5.23. The van der Waals surface area contributed by atoms with E-state index in [9.17, 15) is 5.26 Å². The van der Waals surface area contributed by atoms with Gasteiger partial charge in [-0.15, -0.1) is 0 Å². The summed E-state index contributed by atoms with van der Waals surface area (Å²) in [7, 11) is 0. The van der Waals surface area contributed by atoms with Gasteiger partial charge in [0.05, 0.1) is 0 Å². The predicted molar refractivity (Wildman–Crippen MR) is 88.0 cm³/mol. The Morgan fingerprint density at radius 2 is 1.52 bits per heavy atom. The Morgan fingerprint density at radius 1 is 0.826 bits per heavy atom. The zero-order valence-corrected chi connectivity index (χ0v) is 12.8. The molecule has 23 heavy (non-hydrogen) atoms. The van der Waals surface area contributed by atoms with Gasteiger partial charge in [0, 0.05) is 16.1 Å². The number of benzene rings is 3. The summed E-state index contributed by atoms with van der Waals surface area (Å²) in [5.41, 5.74) is 1.09. The van der Waals surface area contributed by atoms with Crippen molar-refractivity contribution in [3.05, 3.63) is 94.5 Å². The lowest BCUT2D eigenvalue weighted by molar-refractivity contribution is -0.303. The molecule has 0 amide bonds. The average Bonchev–Trinajstić information content (AvgIpc) is 2.60. The lowest BCUT2D eigenvalue weighted by atomic mass is 9.78. The Morgan fingerprint density at radius 3 is 2.30 bits per heavy atom. The summed E-state index contributed by atoms with van der Waals surface area (Å²) < 4.78 is 5.96. The van der Waals surface area contributed by atoms with E-state index in [1.165, 1.54) is 0 Å². The molecule has 0 bridgehead atoms. The first-order chi connectivity index (χ1) is 11.3. The van der Waals surface area contributed by atoms with Gasteiger partial charge in [-0.1, -0.05) is 66.2 Å². The molecule has 1 aliphatic heterocycles. The minimum atomic E-state index is -1.16. The second kappa shape index (κ2) is 5.39. The Kier molecular flexibility index (Phi) is 3.34. The van der Waals surface area contributed by atoms with Gasteiger partial charge < -0.3 is 4.74 Å². The zero-order chi connectivity index (χ0) is 15.9. The number of ether oxygens (including phenoxy) is 1. The van der Waals surface area contributed by atoms with Gasteiger partial charge in [0.1, 0.15) is 11.5 Å². The van der Waals surface area contributed by atoms with Crippen LogP contribution >= 0.6 is 11.6 Å². The van der Waals surface area contributed by atoms with Crippen LogP contribution in [0.15, 0.2) is 72.8 Å². The minimum Gasteiger partial charge on any atom is -0.456 e. The van der Waals surface area contributed by atoms with E-state index >= 15 is 0 Å². The van der Waals surface area contributed by atoms with E-state index in [2.05, 4.69) is 0 Å². The molecule has 1 aliphatic rings. The smallest absolute Gasteiger partial charge is 0.185 e. The zero-order valence-electron chi connectivity index (χ0n) is 12.1. The number of hydrogen-bond donors (Lipinski definition) is 1. The van der Waals surface area contributed by atoms with Crippen molar-refractivity contribution in [1.82, 2.24) is 0 Å². The fourth-order valence-corrected chi connectivity index (χ4v) is 3.28. The van der Waals surface area contributed by atoms with Crippen molar-refractivity contribution in [1.29, 1.82) is 0 Å². The number of halogens is 1. The molecule has 4 rings (SSSR count). The van der Waals surface area contributed by atoms with E-state index < -0.39 is 5.60 Å². The first-order valence-corrected chi connectivity index (χ1v) is 7.59. The van der Waals surface area contributed by atoms with Gasteiger partial charge in [-0.25, -0.2) is 4.89 Å². The number of rotatable bonds is 2. The summed E-state index contributed by atoms with van der Waals surface area (Å²) in [6.45, 7) is 0. The molecule has 3 nitrogen and oxygen atoms in total. The SMILES string of the molecule is OOC1(c2ccccc2)c2ccccc2Oc2cc(Cl)ccc21. The molecule has 3 aromatic carbocycles. The monoisotopic (exact) mass is 324 g/mol. The van der Waals surface area contributed by atoms with E-state index in [4.69, 9.17) is 21.2 Å². The highest BCUT2D eigenvalue weighted by Gasteiger charge is 2.45. The van der Waals surface area contributed by atoms with Crippen LogP contribution in [0.25, 0.3) is 0 Å². The highest BCUT2D eigenvalue weighted by Crippen LogP contribution is 2.52. The van der Waals surface area contributed by atoms with E-state index in [0.29, 0.717) is 22.1 Å². The maximum atomic E-state index is 9.97. The van der Waals surface area contributed by atoms with Gasteiger partial charge in [-0.3, -0.25) is 5.26 Å². The van der Waals surface area contributed by atoms with Crippen molar-refractivity contribution in [3.8, 4) is 11.5 Å². The van der Waals surface area contributed by atoms with Crippen molar-refractivity contribution < 1.29 is 14.9 Å². The van der Waals surface area contributed by atoms with E-state index in [-0.39, 0.29) is 0 Å². The normalized spacial score (nSPS) is 18.7. The van der Waals surface area contributed by atoms with Crippen molar-refractivity contribution in [2.24, 2.45) is 0 Å². The Labute approximate surface area is 138 Å². The summed E-state index contributed by atoms with van der Waals surface area (Å²) in [6.07, 6.45) is 0. The largest absolute Gasteiger partial charge is 0.456 e. The van der Waals surface area contributed by atoms with Crippen molar-refractivity contribution in [3.63, 3.8) is 0 Å².